The second kappa shape index (κ2) is 9.07. The fourth-order valence-corrected chi connectivity index (χ4v) is 5.38. The highest BCUT2D eigenvalue weighted by atomic mass is 32.2. The van der Waals surface area contributed by atoms with Crippen LogP contribution in [-0.2, 0) is 10.0 Å². The van der Waals surface area contributed by atoms with Crippen molar-refractivity contribution in [3.8, 4) is 0 Å². The van der Waals surface area contributed by atoms with Crippen molar-refractivity contribution in [1.82, 2.24) is 9.88 Å². The zero-order chi connectivity index (χ0) is 21.8. The van der Waals surface area contributed by atoms with E-state index in [2.05, 4.69) is 14.6 Å². The van der Waals surface area contributed by atoms with Gasteiger partial charge >= 0.3 is 0 Å². The zero-order valence-corrected chi connectivity index (χ0v) is 18.8. The van der Waals surface area contributed by atoms with Crippen molar-refractivity contribution in [2.75, 3.05) is 35.8 Å². The lowest BCUT2D eigenvalue weighted by Crippen LogP contribution is -2.35. The Bertz CT molecular complexity index is 1160. The van der Waals surface area contributed by atoms with E-state index in [1.54, 1.807) is 52.8 Å². The first-order chi connectivity index (χ1) is 14.9. The normalized spacial score (nSPS) is 14.9. The first-order valence-electron chi connectivity index (χ1n) is 10.1. The number of aryl methyl sites for hydroxylation is 1. The van der Waals surface area contributed by atoms with Gasteiger partial charge in [-0.2, -0.15) is 0 Å². The number of thiazole rings is 1. The van der Waals surface area contributed by atoms with Crippen LogP contribution >= 0.6 is 11.3 Å². The van der Waals surface area contributed by atoms with Crippen molar-refractivity contribution in [1.29, 1.82) is 0 Å². The number of sulfonamides is 1. The predicted octanol–water partition coefficient (Wildman–Crippen LogP) is 3.60. The van der Waals surface area contributed by atoms with Crippen LogP contribution in [0.1, 0.15) is 22.3 Å². The predicted molar refractivity (Wildman–Crippen MR) is 123 cm³/mol. The number of anilines is 2. The molecule has 0 radical (unpaired) electrons. The average Bonchev–Trinajstić information content (AvgIpc) is 3.18. The van der Waals surface area contributed by atoms with E-state index in [0.717, 1.165) is 23.7 Å². The highest BCUT2D eigenvalue weighted by molar-refractivity contribution is 7.92. The molecule has 162 valence electrons. The molecule has 0 unspecified atom stereocenters. The number of aromatic nitrogens is 1. The second-order valence-corrected chi connectivity index (χ2v) is 10.0. The summed E-state index contributed by atoms with van der Waals surface area (Å²) in [7, 11) is -3.80. The summed E-state index contributed by atoms with van der Waals surface area (Å²) >= 11 is 1.59. The number of carbonyl (C=O) groups excluding carboxylic acids is 1. The summed E-state index contributed by atoms with van der Waals surface area (Å²) in [5, 5.41) is 2.91. The topological polar surface area (TPSA) is 82.6 Å². The molecule has 1 aromatic heterocycles. The number of nitrogens with one attached hydrogen (secondary N) is 1. The quantitative estimate of drug-likeness (QED) is 0.634. The minimum absolute atomic E-state index is 0.0686. The van der Waals surface area contributed by atoms with E-state index in [1.807, 2.05) is 18.4 Å². The van der Waals surface area contributed by atoms with Gasteiger partial charge < -0.3 is 9.80 Å². The van der Waals surface area contributed by atoms with Gasteiger partial charge in [0.05, 0.1) is 4.90 Å². The van der Waals surface area contributed by atoms with E-state index >= 15 is 0 Å². The van der Waals surface area contributed by atoms with Crippen molar-refractivity contribution < 1.29 is 13.2 Å². The standard InChI is InChI=1S/C22H24N4O3S2/c1-17-5-2-7-19(15-17)24-31(28,29)20-8-3-6-18(16-20)21(27)25-10-4-11-26(13-12-25)22-23-9-14-30-22/h2-3,5-9,14-16,24H,4,10-13H2,1H3. The van der Waals surface area contributed by atoms with Gasteiger partial charge in [0.15, 0.2) is 5.13 Å². The summed E-state index contributed by atoms with van der Waals surface area (Å²) < 4.78 is 28.3. The first-order valence-corrected chi connectivity index (χ1v) is 12.4. The number of carbonyl (C=O) groups is 1. The van der Waals surface area contributed by atoms with Gasteiger partial charge in [-0.15, -0.1) is 11.3 Å². The summed E-state index contributed by atoms with van der Waals surface area (Å²) in [5.74, 6) is -0.159. The Hall–Kier alpha value is -2.91. The molecule has 7 nitrogen and oxygen atoms in total. The highest BCUT2D eigenvalue weighted by Crippen LogP contribution is 2.21. The molecule has 0 spiro atoms. The summed E-state index contributed by atoms with van der Waals surface area (Å²) in [6.45, 7) is 4.63. The molecule has 0 saturated carbocycles. The van der Waals surface area contributed by atoms with Gasteiger partial charge in [0.25, 0.3) is 15.9 Å². The minimum Gasteiger partial charge on any atom is -0.346 e. The largest absolute Gasteiger partial charge is 0.346 e. The number of hydrogen-bond acceptors (Lipinski definition) is 6. The second-order valence-electron chi connectivity index (χ2n) is 7.45. The number of hydrogen-bond donors (Lipinski definition) is 1. The fraction of sp³-hybridized carbons (Fsp3) is 0.273. The van der Waals surface area contributed by atoms with E-state index in [-0.39, 0.29) is 10.8 Å². The lowest BCUT2D eigenvalue weighted by atomic mass is 10.2. The molecule has 4 rings (SSSR count). The summed E-state index contributed by atoms with van der Waals surface area (Å²) in [6.07, 6.45) is 2.61. The van der Waals surface area contributed by atoms with Crippen LogP contribution in [0.4, 0.5) is 10.8 Å². The SMILES string of the molecule is Cc1cccc(NS(=O)(=O)c2cccc(C(=O)N3CCCN(c4nccs4)CC3)c2)c1. The van der Waals surface area contributed by atoms with Gasteiger partial charge in [0, 0.05) is 49.0 Å². The van der Waals surface area contributed by atoms with Crippen LogP contribution in [0.2, 0.25) is 0 Å². The van der Waals surface area contributed by atoms with Crippen LogP contribution < -0.4 is 9.62 Å². The third-order valence-corrected chi connectivity index (χ3v) is 7.35. The highest BCUT2D eigenvalue weighted by Gasteiger charge is 2.23. The smallest absolute Gasteiger partial charge is 0.261 e. The van der Waals surface area contributed by atoms with Crippen molar-refractivity contribution in [3.05, 3.63) is 71.2 Å². The molecule has 1 fully saturated rings. The molecule has 1 amide bonds. The van der Waals surface area contributed by atoms with Crippen molar-refractivity contribution in [2.45, 2.75) is 18.2 Å². The average molecular weight is 457 g/mol. The Balaban J connectivity index is 1.49. The van der Waals surface area contributed by atoms with Gasteiger partial charge in [-0.1, -0.05) is 18.2 Å². The third kappa shape index (κ3) is 5.05. The van der Waals surface area contributed by atoms with Crippen LogP contribution in [0, 0.1) is 6.92 Å². The molecule has 0 atom stereocenters. The van der Waals surface area contributed by atoms with E-state index in [1.165, 1.54) is 12.1 Å². The number of benzene rings is 2. The lowest BCUT2D eigenvalue weighted by Gasteiger charge is -2.22. The summed E-state index contributed by atoms with van der Waals surface area (Å²) in [4.78, 5) is 21.5. The molecule has 0 aliphatic carbocycles. The molecule has 31 heavy (non-hydrogen) atoms. The monoisotopic (exact) mass is 456 g/mol. The first kappa shape index (κ1) is 21.3. The maximum atomic E-state index is 13.1. The molecule has 1 aliphatic rings. The molecule has 2 aromatic carbocycles. The number of amides is 1. The van der Waals surface area contributed by atoms with Crippen LogP contribution in [0.15, 0.2) is 65.0 Å². The Labute approximate surface area is 186 Å². The van der Waals surface area contributed by atoms with Gasteiger partial charge in [0.1, 0.15) is 0 Å². The van der Waals surface area contributed by atoms with Crippen LogP contribution in [0.5, 0.6) is 0 Å². The molecule has 9 heteroatoms. The van der Waals surface area contributed by atoms with Crippen LogP contribution in [0.3, 0.4) is 0 Å². The summed E-state index contributed by atoms with van der Waals surface area (Å²) in [5.41, 5.74) is 1.82. The van der Waals surface area contributed by atoms with Crippen LogP contribution in [-0.4, -0.2) is 50.4 Å². The van der Waals surface area contributed by atoms with Gasteiger partial charge in [-0.05, 0) is 49.2 Å². The molecule has 2 heterocycles. The van der Waals surface area contributed by atoms with E-state index in [0.29, 0.717) is 30.9 Å². The lowest BCUT2D eigenvalue weighted by molar-refractivity contribution is 0.0767. The molecule has 1 N–H and O–H groups in total. The van der Waals surface area contributed by atoms with Gasteiger partial charge in [-0.25, -0.2) is 13.4 Å². The molecule has 1 saturated heterocycles. The van der Waals surface area contributed by atoms with Crippen molar-refractivity contribution >= 4 is 38.1 Å². The van der Waals surface area contributed by atoms with Gasteiger partial charge in [-0.3, -0.25) is 9.52 Å². The van der Waals surface area contributed by atoms with Gasteiger partial charge in [0.2, 0.25) is 0 Å². The van der Waals surface area contributed by atoms with E-state index in [4.69, 9.17) is 0 Å². The Morgan fingerprint density at radius 1 is 1.06 bits per heavy atom. The summed E-state index contributed by atoms with van der Waals surface area (Å²) in [6, 6.07) is 13.4. The number of rotatable bonds is 5. The Kier molecular flexibility index (Phi) is 6.24. The zero-order valence-electron chi connectivity index (χ0n) is 17.2. The maximum Gasteiger partial charge on any atom is 0.261 e. The molecular formula is C22H24N4O3S2. The van der Waals surface area contributed by atoms with Crippen molar-refractivity contribution in [3.63, 3.8) is 0 Å². The molecule has 0 bridgehead atoms. The maximum absolute atomic E-state index is 13.1. The molecule has 3 aromatic rings. The Morgan fingerprint density at radius 2 is 1.90 bits per heavy atom. The molecular weight excluding hydrogens is 432 g/mol. The van der Waals surface area contributed by atoms with E-state index in [9.17, 15) is 13.2 Å². The van der Waals surface area contributed by atoms with Crippen molar-refractivity contribution in [2.24, 2.45) is 0 Å². The number of nitrogens with zero attached hydrogens (tertiary/aromatic N) is 3. The third-order valence-electron chi connectivity index (χ3n) is 5.13. The fourth-order valence-electron chi connectivity index (χ4n) is 3.59. The molecule has 1 aliphatic heterocycles. The van der Waals surface area contributed by atoms with E-state index < -0.39 is 10.0 Å². The Morgan fingerprint density at radius 3 is 2.68 bits per heavy atom. The van der Waals surface area contributed by atoms with Crippen LogP contribution in [0.25, 0.3) is 0 Å². The minimum atomic E-state index is -3.80.